The number of hydrogen-bond donors (Lipinski definition) is 3. The van der Waals surface area contributed by atoms with Crippen molar-refractivity contribution in [2.24, 2.45) is 0 Å². The van der Waals surface area contributed by atoms with Crippen LogP contribution in [0, 0.1) is 10.1 Å². The fraction of sp³-hybridized carbons (Fsp3) is 0.200. The Morgan fingerprint density at radius 3 is 2.47 bits per heavy atom. The predicted octanol–water partition coefficient (Wildman–Crippen LogP) is 2.96. The van der Waals surface area contributed by atoms with Crippen LogP contribution in [0.15, 0.2) is 54.7 Å². The van der Waals surface area contributed by atoms with Crippen LogP contribution in [0.4, 0.5) is 17.2 Å². The lowest BCUT2D eigenvalue weighted by atomic mass is 10.1. The standard InChI is InChI=1S/C25H22N6O7/c32-22(33)12-17-11-19(31(36)37)13-20-23(17)28-24(30(20)35)15-1-4-18(5-2-15)27-25(34)16-3-6-21(26-14-16)29-7-9-38-10-8-29/h1-6,11,13-14,35H,7-10,12H2,(H,27,34)(H,32,33). The first-order valence-electron chi connectivity index (χ1n) is 11.6. The van der Waals surface area contributed by atoms with Crippen LogP contribution < -0.4 is 10.2 Å². The number of nitro groups is 1. The molecule has 0 radical (unpaired) electrons. The number of rotatable bonds is 7. The molecule has 1 fully saturated rings. The zero-order valence-electron chi connectivity index (χ0n) is 19.9. The Balaban J connectivity index is 1.35. The molecule has 1 aliphatic rings. The zero-order chi connectivity index (χ0) is 26.8. The second-order valence-electron chi connectivity index (χ2n) is 8.58. The molecule has 2 aromatic heterocycles. The third-order valence-electron chi connectivity index (χ3n) is 6.10. The van der Waals surface area contributed by atoms with E-state index in [9.17, 15) is 30.0 Å². The maximum absolute atomic E-state index is 12.7. The number of amides is 1. The van der Waals surface area contributed by atoms with Crippen LogP contribution in [-0.4, -0.2) is 68.1 Å². The largest absolute Gasteiger partial charge is 0.481 e. The number of ether oxygens (including phenoxy) is 1. The monoisotopic (exact) mass is 518 g/mol. The topological polar surface area (TPSA) is 173 Å². The lowest BCUT2D eigenvalue weighted by Crippen LogP contribution is -2.36. The van der Waals surface area contributed by atoms with Gasteiger partial charge in [0, 0.05) is 42.7 Å². The number of carbonyl (C=O) groups is 2. The van der Waals surface area contributed by atoms with Gasteiger partial charge in [-0.2, -0.15) is 4.73 Å². The number of carboxylic acid groups (broad SMARTS) is 1. The van der Waals surface area contributed by atoms with E-state index in [1.165, 1.54) is 6.20 Å². The summed E-state index contributed by atoms with van der Waals surface area (Å²) in [7, 11) is 0. The minimum absolute atomic E-state index is 0.0101. The molecule has 0 unspecified atom stereocenters. The summed E-state index contributed by atoms with van der Waals surface area (Å²) >= 11 is 0. The third-order valence-corrected chi connectivity index (χ3v) is 6.10. The van der Waals surface area contributed by atoms with Gasteiger partial charge in [-0.1, -0.05) is 0 Å². The van der Waals surface area contributed by atoms with Gasteiger partial charge in [0.05, 0.1) is 35.6 Å². The number of imidazole rings is 1. The van der Waals surface area contributed by atoms with Crippen LogP contribution in [0.1, 0.15) is 15.9 Å². The maximum Gasteiger partial charge on any atom is 0.307 e. The number of nitrogens with one attached hydrogen (secondary N) is 1. The highest BCUT2D eigenvalue weighted by molar-refractivity contribution is 6.04. The Hall–Kier alpha value is -5.04. The van der Waals surface area contributed by atoms with Crippen molar-refractivity contribution in [2.75, 3.05) is 36.5 Å². The number of benzene rings is 2. The van der Waals surface area contributed by atoms with Gasteiger partial charge in [0.1, 0.15) is 11.3 Å². The number of carbonyl (C=O) groups excluding carboxylic acids is 1. The Morgan fingerprint density at radius 1 is 1.11 bits per heavy atom. The molecular weight excluding hydrogens is 496 g/mol. The SMILES string of the molecule is O=C(O)Cc1cc([N+](=O)[O-])cc2c1nc(-c1ccc(NC(=O)c3ccc(N4CCOCC4)nc3)cc1)n2O. The van der Waals surface area contributed by atoms with Gasteiger partial charge in [0.15, 0.2) is 5.82 Å². The zero-order valence-corrected chi connectivity index (χ0v) is 19.9. The molecule has 3 N–H and O–H groups in total. The van der Waals surface area contributed by atoms with Crippen molar-refractivity contribution in [3.8, 4) is 11.4 Å². The molecule has 1 aliphatic heterocycles. The number of nitro benzene ring substituents is 1. The number of morpholine rings is 1. The molecule has 3 heterocycles. The predicted molar refractivity (Wildman–Crippen MR) is 136 cm³/mol. The van der Waals surface area contributed by atoms with Crippen LogP contribution in [0.25, 0.3) is 22.4 Å². The summed E-state index contributed by atoms with van der Waals surface area (Å²) in [4.78, 5) is 45.4. The lowest BCUT2D eigenvalue weighted by Gasteiger charge is -2.27. The summed E-state index contributed by atoms with van der Waals surface area (Å²) in [5.41, 5.74) is 1.21. The van der Waals surface area contributed by atoms with E-state index in [0.717, 1.165) is 31.0 Å². The molecule has 0 saturated carbocycles. The summed E-state index contributed by atoms with van der Waals surface area (Å²) in [6.45, 7) is 2.75. The summed E-state index contributed by atoms with van der Waals surface area (Å²) in [5, 5.41) is 34.0. The summed E-state index contributed by atoms with van der Waals surface area (Å²) in [6.07, 6.45) is 1.01. The number of nitrogens with zero attached hydrogens (tertiary/aromatic N) is 5. The number of pyridine rings is 1. The molecule has 13 heteroatoms. The maximum atomic E-state index is 12.7. The smallest absolute Gasteiger partial charge is 0.307 e. The van der Waals surface area contributed by atoms with Crippen molar-refractivity contribution in [1.82, 2.24) is 14.7 Å². The number of non-ortho nitro benzene ring substituents is 1. The number of fused-ring (bicyclic) bond motifs is 1. The molecule has 5 rings (SSSR count). The van der Waals surface area contributed by atoms with Gasteiger partial charge in [0.25, 0.3) is 11.6 Å². The van der Waals surface area contributed by atoms with Gasteiger partial charge in [0.2, 0.25) is 0 Å². The molecule has 1 saturated heterocycles. The van der Waals surface area contributed by atoms with Crippen LogP contribution in [0.5, 0.6) is 0 Å². The van der Waals surface area contributed by atoms with Crippen LogP contribution >= 0.6 is 0 Å². The van der Waals surface area contributed by atoms with Gasteiger partial charge < -0.3 is 25.3 Å². The normalized spacial score (nSPS) is 13.4. The Labute approximate surface area is 215 Å². The van der Waals surface area contributed by atoms with E-state index in [1.54, 1.807) is 36.4 Å². The molecule has 4 aromatic rings. The number of aliphatic carboxylic acids is 1. The first kappa shape index (κ1) is 24.6. The van der Waals surface area contributed by atoms with Crippen molar-refractivity contribution in [3.63, 3.8) is 0 Å². The van der Waals surface area contributed by atoms with Gasteiger partial charge in [-0.3, -0.25) is 19.7 Å². The van der Waals surface area contributed by atoms with Crippen molar-refractivity contribution in [3.05, 3.63) is 76.0 Å². The summed E-state index contributed by atoms with van der Waals surface area (Å²) < 4.78 is 6.03. The molecule has 0 bridgehead atoms. The number of anilines is 2. The minimum atomic E-state index is -1.19. The summed E-state index contributed by atoms with van der Waals surface area (Å²) in [5.74, 6) is -0.698. The van der Waals surface area contributed by atoms with E-state index in [0.29, 0.717) is 34.8 Å². The quantitative estimate of drug-likeness (QED) is 0.187. The molecule has 194 valence electrons. The lowest BCUT2D eigenvalue weighted by molar-refractivity contribution is -0.384. The highest BCUT2D eigenvalue weighted by Crippen LogP contribution is 2.30. The number of aromatic nitrogens is 3. The minimum Gasteiger partial charge on any atom is -0.481 e. The van der Waals surface area contributed by atoms with Crippen LogP contribution in [0.2, 0.25) is 0 Å². The molecular formula is C25H22N6O7. The van der Waals surface area contributed by atoms with Crippen molar-refractivity contribution in [1.29, 1.82) is 0 Å². The Morgan fingerprint density at radius 2 is 1.84 bits per heavy atom. The van der Waals surface area contributed by atoms with Crippen molar-refractivity contribution >= 4 is 40.1 Å². The second-order valence-corrected chi connectivity index (χ2v) is 8.58. The van der Waals surface area contributed by atoms with E-state index in [-0.39, 0.29) is 34.0 Å². The van der Waals surface area contributed by atoms with Gasteiger partial charge in [-0.15, -0.1) is 0 Å². The van der Waals surface area contributed by atoms with E-state index in [1.807, 2.05) is 0 Å². The highest BCUT2D eigenvalue weighted by Gasteiger charge is 2.21. The average Bonchev–Trinajstić information content (AvgIpc) is 3.26. The van der Waals surface area contributed by atoms with Gasteiger partial charge in [-0.25, -0.2) is 9.97 Å². The van der Waals surface area contributed by atoms with Gasteiger partial charge >= 0.3 is 5.97 Å². The number of carboxylic acids is 1. The third kappa shape index (κ3) is 4.95. The van der Waals surface area contributed by atoms with Crippen molar-refractivity contribution < 1.29 is 29.6 Å². The molecule has 0 aliphatic carbocycles. The average molecular weight is 518 g/mol. The molecule has 2 aromatic carbocycles. The fourth-order valence-corrected chi connectivity index (χ4v) is 4.22. The van der Waals surface area contributed by atoms with E-state index in [4.69, 9.17) is 4.74 Å². The number of hydrogen-bond acceptors (Lipinski definition) is 9. The Bertz CT molecular complexity index is 1530. The first-order chi connectivity index (χ1) is 18.3. The highest BCUT2D eigenvalue weighted by atomic mass is 16.6. The van der Waals surface area contributed by atoms with E-state index >= 15 is 0 Å². The summed E-state index contributed by atoms with van der Waals surface area (Å²) in [6, 6.07) is 12.2. The Kier molecular flexibility index (Phi) is 6.58. The molecule has 13 nitrogen and oxygen atoms in total. The second kappa shape index (κ2) is 10.1. The van der Waals surface area contributed by atoms with Gasteiger partial charge in [-0.05, 0) is 42.0 Å². The molecule has 0 atom stereocenters. The van der Waals surface area contributed by atoms with Crippen molar-refractivity contribution in [2.45, 2.75) is 6.42 Å². The van der Waals surface area contributed by atoms with E-state index in [2.05, 4.69) is 20.2 Å². The molecule has 1 amide bonds. The first-order valence-corrected chi connectivity index (χ1v) is 11.6. The van der Waals surface area contributed by atoms with Crippen LogP contribution in [-0.2, 0) is 16.0 Å². The fourth-order valence-electron chi connectivity index (χ4n) is 4.22. The van der Waals surface area contributed by atoms with E-state index < -0.39 is 17.3 Å². The molecule has 38 heavy (non-hydrogen) atoms. The molecule has 0 spiro atoms. The van der Waals surface area contributed by atoms with Crippen LogP contribution in [0.3, 0.4) is 0 Å².